The van der Waals surface area contributed by atoms with E-state index in [1.165, 1.54) is 4.90 Å². The van der Waals surface area contributed by atoms with Crippen LogP contribution in [0.15, 0.2) is 36.4 Å². The molecule has 0 N–H and O–H groups in total. The summed E-state index contributed by atoms with van der Waals surface area (Å²) in [6.07, 6.45) is 7.65. The Kier molecular flexibility index (Phi) is 5.30. The number of ether oxygens (including phenoxy) is 1. The Bertz CT molecular complexity index is 872. The molecule has 1 aromatic rings. The number of rotatable bonds is 4. The number of allylic oxidation sites excluding steroid dienone is 2. The number of anilines is 1. The fraction of sp³-hybridized carbons (Fsp3) is 0.542. The molecule has 3 amide bonds. The monoisotopic (exact) mass is 423 g/mol. The third-order valence-corrected chi connectivity index (χ3v) is 7.31. The van der Waals surface area contributed by atoms with Crippen LogP contribution in [0.2, 0.25) is 0 Å². The first kappa shape index (κ1) is 20.2. The van der Waals surface area contributed by atoms with Crippen LogP contribution in [-0.2, 0) is 14.3 Å². The molecule has 0 aromatic heterocycles. The molecule has 2 unspecified atom stereocenters. The molecule has 4 aliphatic rings. The lowest BCUT2D eigenvalue weighted by atomic mass is 9.85. The minimum Gasteiger partial charge on any atom is -0.381 e. The Balaban J connectivity index is 1.17. The van der Waals surface area contributed by atoms with E-state index in [4.69, 9.17) is 4.74 Å². The van der Waals surface area contributed by atoms with E-state index in [0.717, 1.165) is 31.6 Å². The summed E-state index contributed by atoms with van der Waals surface area (Å²) in [5, 5.41) is 0. The smallest absolute Gasteiger partial charge is 0.253 e. The van der Waals surface area contributed by atoms with Gasteiger partial charge in [-0.05, 0) is 49.9 Å². The van der Waals surface area contributed by atoms with Crippen molar-refractivity contribution in [2.75, 3.05) is 38.2 Å². The van der Waals surface area contributed by atoms with E-state index in [1.807, 2.05) is 36.4 Å². The topological polar surface area (TPSA) is 70.2 Å². The summed E-state index contributed by atoms with van der Waals surface area (Å²) in [6, 6.07) is 7.57. The van der Waals surface area contributed by atoms with Gasteiger partial charge in [-0.25, -0.2) is 0 Å². The molecule has 164 valence electrons. The van der Waals surface area contributed by atoms with Gasteiger partial charge in [0.1, 0.15) is 0 Å². The van der Waals surface area contributed by atoms with Crippen molar-refractivity contribution in [2.24, 2.45) is 11.8 Å². The van der Waals surface area contributed by atoms with E-state index in [9.17, 15) is 14.4 Å². The molecule has 1 aromatic carbocycles. The summed E-state index contributed by atoms with van der Waals surface area (Å²) in [5.41, 5.74) is 1.77. The van der Waals surface area contributed by atoms with E-state index in [-0.39, 0.29) is 35.6 Å². The van der Waals surface area contributed by atoms with Crippen LogP contribution in [0.5, 0.6) is 0 Å². The second-order valence-electron chi connectivity index (χ2n) is 9.04. The number of nitrogens with zero attached hydrogens (tertiary/aromatic N) is 3. The number of carbonyl (C=O) groups excluding carboxylic acids is 3. The van der Waals surface area contributed by atoms with Gasteiger partial charge in [0.15, 0.2) is 0 Å². The van der Waals surface area contributed by atoms with E-state index in [0.29, 0.717) is 37.6 Å². The molecule has 2 atom stereocenters. The summed E-state index contributed by atoms with van der Waals surface area (Å²) < 4.78 is 5.43. The highest BCUT2D eigenvalue weighted by Gasteiger charge is 2.52. The summed E-state index contributed by atoms with van der Waals surface area (Å²) in [6.45, 7) is 2.76. The quantitative estimate of drug-likeness (QED) is 0.548. The molecule has 31 heavy (non-hydrogen) atoms. The molecule has 3 fully saturated rings. The van der Waals surface area contributed by atoms with Crippen LogP contribution in [0, 0.1) is 11.8 Å². The lowest BCUT2D eigenvalue weighted by Crippen LogP contribution is -2.62. The maximum Gasteiger partial charge on any atom is 0.253 e. The molecule has 0 radical (unpaired) electrons. The molecule has 3 aliphatic heterocycles. The van der Waals surface area contributed by atoms with Crippen LogP contribution in [0.4, 0.5) is 5.69 Å². The number of piperidine rings is 1. The zero-order valence-corrected chi connectivity index (χ0v) is 17.9. The van der Waals surface area contributed by atoms with Crippen molar-refractivity contribution in [3.8, 4) is 0 Å². The standard InChI is InChI=1S/C24H29N3O4/c1-31-19-10-12-25(13-11-19)17-8-6-16(7-9-17)22(28)26-14-18(15-26)27-23(29)20-4-2-3-5-21(20)24(27)30/h2-3,6-9,18-21H,4-5,10-15H2,1H3. The van der Waals surface area contributed by atoms with Crippen molar-refractivity contribution >= 4 is 23.4 Å². The predicted octanol–water partition coefficient (Wildman–Crippen LogP) is 2.08. The Morgan fingerprint density at radius 2 is 1.52 bits per heavy atom. The summed E-state index contributed by atoms with van der Waals surface area (Å²) in [5.74, 6) is -0.567. The summed E-state index contributed by atoms with van der Waals surface area (Å²) in [4.78, 5) is 43.8. The second-order valence-corrected chi connectivity index (χ2v) is 9.04. The lowest BCUT2D eigenvalue weighted by molar-refractivity contribution is -0.145. The van der Waals surface area contributed by atoms with Gasteiger partial charge in [0.05, 0.1) is 24.0 Å². The number of hydrogen-bond donors (Lipinski definition) is 0. The zero-order valence-electron chi connectivity index (χ0n) is 17.9. The van der Waals surface area contributed by atoms with Gasteiger partial charge in [0.2, 0.25) is 11.8 Å². The SMILES string of the molecule is COC1CCN(c2ccc(C(=O)N3CC(N4C(=O)C5CC=CCC5C4=O)C3)cc2)CC1. The molecular formula is C24H29N3O4. The van der Waals surface area contributed by atoms with Gasteiger partial charge in [-0.2, -0.15) is 0 Å². The van der Waals surface area contributed by atoms with Crippen LogP contribution >= 0.6 is 0 Å². The molecule has 1 aliphatic carbocycles. The van der Waals surface area contributed by atoms with Crippen LogP contribution < -0.4 is 4.90 Å². The molecule has 0 spiro atoms. The first-order valence-corrected chi connectivity index (χ1v) is 11.3. The highest BCUT2D eigenvalue weighted by molar-refractivity contribution is 6.06. The third kappa shape index (κ3) is 3.55. The van der Waals surface area contributed by atoms with Gasteiger partial charge in [-0.1, -0.05) is 12.2 Å². The van der Waals surface area contributed by atoms with E-state index in [1.54, 1.807) is 12.0 Å². The Morgan fingerprint density at radius 1 is 0.935 bits per heavy atom. The first-order valence-electron chi connectivity index (χ1n) is 11.3. The maximum atomic E-state index is 12.9. The molecule has 5 rings (SSSR count). The van der Waals surface area contributed by atoms with Crippen molar-refractivity contribution < 1.29 is 19.1 Å². The van der Waals surface area contributed by atoms with Crippen LogP contribution in [-0.4, -0.2) is 73.0 Å². The largest absolute Gasteiger partial charge is 0.381 e. The van der Waals surface area contributed by atoms with Crippen molar-refractivity contribution in [3.05, 3.63) is 42.0 Å². The van der Waals surface area contributed by atoms with Gasteiger partial charge in [0, 0.05) is 44.5 Å². The number of imide groups is 1. The normalized spacial score (nSPS) is 26.9. The molecular weight excluding hydrogens is 394 g/mol. The van der Waals surface area contributed by atoms with E-state index >= 15 is 0 Å². The fourth-order valence-electron chi connectivity index (χ4n) is 5.32. The minimum atomic E-state index is -0.205. The molecule has 0 bridgehead atoms. The van der Waals surface area contributed by atoms with E-state index < -0.39 is 0 Å². The highest BCUT2D eigenvalue weighted by Crippen LogP contribution is 2.37. The molecule has 3 saturated heterocycles. The molecule has 7 heteroatoms. The maximum absolute atomic E-state index is 12.9. The highest BCUT2D eigenvalue weighted by atomic mass is 16.5. The van der Waals surface area contributed by atoms with Gasteiger partial charge in [-0.15, -0.1) is 0 Å². The van der Waals surface area contributed by atoms with Gasteiger partial charge >= 0.3 is 0 Å². The first-order chi connectivity index (χ1) is 15.1. The van der Waals surface area contributed by atoms with E-state index in [2.05, 4.69) is 4.90 Å². The predicted molar refractivity (Wildman–Crippen MR) is 116 cm³/mol. The average Bonchev–Trinajstić information content (AvgIpc) is 3.04. The van der Waals surface area contributed by atoms with Crippen molar-refractivity contribution in [3.63, 3.8) is 0 Å². The third-order valence-electron chi connectivity index (χ3n) is 7.31. The number of methoxy groups -OCH3 is 1. The number of carbonyl (C=O) groups is 3. The van der Waals surface area contributed by atoms with Crippen LogP contribution in [0.25, 0.3) is 0 Å². The molecule has 7 nitrogen and oxygen atoms in total. The minimum absolute atomic E-state index is 0.0425. The molecule has 0 saturated carbocycles. The molecule has 3 heterocycles. The van der Waals surface area contributed by atoms with Crippen molar-refractivity contribution in [2.45, 2.75) is 37.8 Å². The fourth-order valence-corrected chi connectivity index (χ4v) is 5.32. The van der Waals surface area contributed by atoms with Gasteiger partial charge in [0.25, 0.3) is 5.91 Å². The summed E-state index contributed by atoms with van der Waals surface area (Å²) in [7, 11) is 1.76. The number of benzene rings is 1. The van der Waals surface area contributed by atoms with Crippen molar-refractivity contribution in [1.82, 2.24) is 9.80 Å². The Labute approximate surface area is 182 Å². The zero-order chi connectivity index (χ0) is 21.5. The average molecular weight is 424 g/mol. The second kappa shape index (κ2) is 8.11. The summed E-state index contributed by atoms with van der Waals surface area (Å²) >= 11 is 0. The lowest BCUT2D eigenvalue weighted by Gasteiger charge is -2.43. The number of fused-ring (bicyclic) bond motifs is 1. The number of likely N-dealkylation sites (tertiary alicyclic amines) is 2. The van der Waals surface area contributed by atoms with Crippen molar-refractivity contribution in [1.29, 1.82) is 0 Å². The Hall–Kier alpha value is -2.67. The number of amides is 3. The van der Waals surface area contributed by atoms with Crippen LogP contribution in [0.3, 0.4) is 0 Å². The van der Waals surface area contributed by atoms with Gasteiger partial charge < -0.3 is 14.5 Å². The number of hydrogen-bond acceptors (Lipinski definition) is 5. The van der Waals surface area contributed by atoms with Crippen LogP contribution in [0.1, 0.15) is 36.0 Å². The Morgan fingerprint density at radius 3 is 2.06 bits per heavy atom. The van der Waals surface area contributed by atoms with Gasteiger partial charge in [-0.3, -0.25) is 19.3 Å².